The summed E-state index contributed by atoms with van der Waals surface area (Å²) >= 11 is 6.14. The van der Waals surface area contributed by atoms with Gasteiger partial charge in [-0.1, -0.05) is 36.6 Å². The lowest BCUT2D eigenvalue weighted by molar-refractivity contribution is 0.367. The van der Waals surface area contributed by atoms with E-state index < -0.39 is 0 Å². The van der Waals surface area contributed by atoms with Gasteiger partial charge in [0, 0.05) is 18.0 Å². The number of nitrogens with one attached hydrogen (secondary N) is 1. The van der Waals surface area contributed by atoms with Crippen molar-refractivity contribution < 1.29 is 0 Å². The molecule has 0 aliphatic heterocycles. The number of hydrogen-bond donors (Lipinski definition) is 1. The van der Waals surface area contributed by atoms with Crippen LogP contribution in [0, 0.1) is 13.8 Å². The first-order valence-electron chi connectivity index (χ1n) is 6.52. The molecule has 1 saturated carbocycles. The van der Waals surface area contributed by atoms with Crippen LogP contribution in [0.25, 0.3) is 0 Å². The van der Waals surface area contributed by atoms with Crippen LogP contribution >= 0.6 is 11.6 Å². The van der Waals surface area contributed by atoms with Crippen molar-refractivity contribution in [2.45, 2.75) is 51.6 Å². The molecule has 0 unspecified atom stereocenters. The van der Waals surface area contributed by atoms with E-state index >= 15 is 0 Å². The van der Waals surface area contributed by atoms with Gasteiger partial charge in [-0.05, 0) is 37.8 Å². The summed E-state index contributed by atoms with van der Waals surface area (Å²) < 4.78 is 0. The van der Waals surface area contributed by atoms with Crippen LogP contribution in [0.15, 0.2) is 18.2 Å². The third-order valence-electron chi connectivity index (χ3n) is 3.97. The van der Waals surface area contributed by atoms with Gasteiger partial charge in [0.15, 0.2) is 0 Å². The second kappa shape index (κ2) is 5.41. The number of rotatable bonds is 4. The summed E-state index contributed by atoms with van der Waals surface area (Å²) in [4.78, 5) is 0. The van der Waals surface area contributed by atoms with Gasteiger partial charge in [-0.2, -0.15) is 0 Å². The first kappa shape index (κ1) is 12.9. The zero-order valence-corrected chi connectivity index (χ0v) is 11.6. The van der Waals surface area contributed by atoms with Crippen LogP contribution in [0.3, 0.4) is 0 Å². The predicted molar refractivity (Wildman–Crippen MR) is 74.7 cm³/mol. The van der Waals surface area contributed by atoms with Crippen LogP contribution in [0.2, 0.25) is 0 Å². The molecule has 0 amide bonds. The fourth-order valence-corrected chi connectivity index (χ4v) is 3.04. The molecule has 1 aromatic rings. The Labute approximate surface area is 110 Å². The Balaban J connectivity index is 2.03. The molecule has 0 bridgehead atoms. The van der Waals surface area contributed by atoms with Gasteiger partial charge in [-0.3, -0.25) is 0 Å². The maximum Gasteiger partial charge on any atom is 0.0406 e. The minimum Gasteiger partial charge on any atom is -0.306 e. The van der Waals surface area contributed by atoms with Crippen LogP contribution < -0.4 is 5.32 Å². The van der Waals surface area contributed by atoms with E-state index in [4.69, 9.17) is 11.6 Å². The van der Waals surface area contributed by atoms with Gasteiger partial charge in [0.25, 0.3) is 0 Å². The highest BCUT2D eigenvalue weighted by Crippen LogP contribution is 2.31. The smallest absolute Gasteiger partial charge is 0.0406 e. The quantitative estimate of drug-likeness (QED) is 0.800. The third-order valence-corrected chi connectivity index (χ3v) is 4.49. The van der Waals surface area contributed by atoms with E-state index in [9.17, 15) is 0 Å². The van der Waals surface area contributed by atoms with Gasteiger partial charge in [0.2, 0.25) is 0 Å². The van der Waals surface area contributed by atoms with Crippen molar-refractivity contribution in [2.24, 2.45) is 0 Å². The SMILES string of the molecule is Cc1ccc(C)c(CNC2(CCl)CCCC2)c1. The highest BCUT2D eigenvalue weighted by atomic mass is 35.5. The fourth-order valence-electron chi connectivity index (χ4n) is 2.68. The lowest BCUT2D eigenvalue weighted by Crippen LogP contribution is -2.44. The predicted octanol–water partition coefficient (Wildman–Crippen LogP) is 3.94. The number of aryl methyl sites for hydroxylation is 2. The summed E-state index contributed by atoms with van der Waals surface area (Å²) in [6.45, 7) is 5.27. The molecule has 0 heterocycles. The number of benzene rings is 1. The molecule has 0 saturated heterocycles. The molecule has 1 aromatic carbocycles. The van der Waals surface area contributed by atoms with Crippen molar-refractivity contribution in [3.05, 3.63) is 34.9 Å². The highest BCUT2D eigenvalue weighted by Gasteiger charge is 2.32. The van der Waals surface area contributed by atoms with Gasteiger partial charge < -0.3 is 5.32 Å². The molecule has 1 nitrogen and oxygen atoms in total. The molecule has 1 N–H and O–H groups in total. The van der Waals surface area contributed by atoms with Crippen molar-refractivity contribution in [3.8, 4) is 0 Å². The Kier molecular flexibility index (Phi) is 4.11. The first-order chi connectivity index (χ1) is 8.15. The molecule has 2 heteroatoms. The lowest BCUT2D eigenvalue weighted by Gasteiger charge is -2.28. The van der Waals surface area contributed by atoms with E-state index in [1.54, 1.807) is 0 Å². The van der Waals surface area contributed by atoms with Crippen molar-refractivity contribution >= 4 is 11.6 Å². The van der Waals surface area contributed by atoms with Crippen molar-refractivity contribution in [2.75, 3.05) is 5.88 Å². The zero-order valence-electron chi connectivity index (χ0n) is 10.9. The molecule has 1 aliphatic rings. The van der Waals surface area contributed by atoms with Gasteiger partial charge in [0.05, 0.1) is 0 Å². The summed E-state index contributed by atoms with van der Waals surface area (Å²) in [5, 5.41) is 3.70. The largest absolute Gasteiger partial charge is 0.306 e. The Morgan fingerprint density at radius 1 is 1.24 bits per heavy atom. The van der Waals surface area contributed by atoms with Crippen LogP contribution in [0.5, 0.6) is 0 Å². The molecule has 0 aromatic heterocycles. The Bertz CT molecular complexity index is 381. The fraction of sp³-hybridized carbons (Fsp3) is 0.600. The van der Waals surface area contributed by atoms with E-state index in [0.717, 1.165) is 12.4 Å². The van der Waals surface area contributed by atoms with Crippen molar-refractivity contribution in [1.82, 2.24) is 5.32 Å². The van der Waals surface area contributed by atoms with E-state index in [1.165, 1.54) is 42.4 Å². The van der Waals surface area contributed by atoms with Crippen LogP contribution in [-0.4, -0.2) is 11.4 Å². The molecule has 17 heavy (non-hydrogen) atoms. The van der Waals surface area contributed by atoms with Crippen LogP contribution in [0.4, 0.5) is 0 Å². The maximum absolute atomic E-state index is 6.14. The Hall–Kier alpha value is -0.530. The summed E-state index contributed by atoms with van der Waals surface area (Å²) in [5.74, 6) is 0.734. The molecule has 2 rings (SSSR count). The average molecular weight is 252 g/mol. The summed E-state index contributed by atoms with van der Waals surface area (Å²) in [5.41, 5.74) is 4.29. The molecular formula is C15H22ClN. The van der Waals surface area contributed by atoms with Gasteiger partial charge >= 0.3 is 0 Å². The second-order valence-corrected chi connectivity index (χ2v) is 5.67. The summed E-state index contributed by atoms with van der Waals surface area (Å²) in [6, 6.07) is 6.65. The Morgan fingerprint density at radius 2 is 1.94 bits per heavy atom. The normalized spacial score (nSPS) is 18.5. The zero-order chi connectivity index (χ0) is 12.3. The third kappa shape index (κ3) is 3.02. The Morgan fingerprint density at radius 3 is 2.59 bits per heavy atom. The van der Waals surface area contributed by atoms with Gasteiger partial charge in [-0.25, -0.2) is 0 Å². The number of alkyl halides is 1. The molecule has 1 aliphatic carbocycles. The van der Waals surface area contributed by atoms with Crippen LogP contribution in [0.1, 0.15) is 42.4 Å². The minimum absolute atomic E-state index is 0.192. The molecular weight excluding hydrogens is 230 g/mol. The van der Waals surface area contributed by atoms with Gasteiger partial charge in [-0.15, -0.1) is 11.6 Å². The topological polar surface area (TPSA) is 12.0 Å². The van der Waals surface area contributed by atoms with Gasteiger partial charge in [0.1, 0.15) is 0 Å². The molecule has 94 valence electrons. The van der Waals surface area contributed by atoms with E-state index in [-0.39, 0.29) is 5.54 Å². The average Bonchev–Trinajstić information content (AvgIpc) is 2.80. The highest BCUT2D eigenvalue weighted by molar-refractivity contribution is 6.18. The molecule has 0 radical (unpaired) electrons. The van der Waals surface area contributed by atoms with Crippen LogP contribution in [-0.2, 0) is 6.54 Å². The maximum atomic E-state index is 6.14. The van der Waals surface area contributed by atoms with E-state index in [2.05, 4.69) is 37.4 Å². The number of halogens is 1. The first-order valence-corrected chi connectivity index (χ1v) is 7.06. The lowest BCUT2D eigenvalue weighted by atomic mass is 9.98. The minimum atomic E-state index is 0.192. The van der Waals surface area contributed by atoms with E-state index in [1.807, 2.05) is 0 Å². The van der Waals surface area contributed by atoms with E-state index in [0.29, 0.717) is 0 Å². The molecule has 1 fully saturated rings. The molecule has 0 spiro atoms. The van der Waals surface area contributed by atoms with Crippen molar-refractivity contribution in [3.63, 3.8) is 0 Å². The monoisotopic (exact) mass is 251 g/mol. The summed E-state index contributed by atoms with van der Waals surface area (Å²) in [7, 11) is 0. The second-order valence-electron chi connectivity index (χ2n) is 5.40. The molecule has 0 atom stereocenters. The van der Waals surface area contributed by atoms with Crippen molar-refractivity contribution in [1.29, 1.82) is 0 Å². The number of hydrogen-bond acceptors (Lipinski definition) is 1. The standard InChI is InChI=1S/C15H22ClN/c1-12-5-6-13(2)14(9-12)10-17-15(11-16)7-3-4-8-15/h5-6,9,17H,3-4,7-8,10-11H2,1-2H3. The summed E-state index contributed by atoms with van der Waals surface area (Å²) in [6.07, 6.45) is 5.07.